The number of nitrogen functional groups attached to an aromatic ring is 1. The molecule has 1 aromatic rings. The monoisotopic (exact) mass is 278 g/mol. The third-order valence-electron chi connectivity index (χ3n) is 2.50. The van der Waals surface area contributed by atoms with Crippen molar-refractivity contribution in [1.82, 2.24) is 9.97 Å². The molecule has 19 heavy (non-hydrogen) atoms. The minimum atomic E-state index is -4.38. The van der Waals surface area contributed by atoms with Crippen molar-refractivity contribution in [3.63, 3.8) is 0 Å². The summed E-state index contributed by atoms with van der Waals surface area (Å²) in [6.07, 6.45) is -2.05. The first-order chi connectivity index (χ1) is 8.89. The van der Waals surface area contributed by atoms with Crippen LogP contribution in [0, 0.1) is 0 Å². The van der Waals surface area contributed by atoms with E-state index in [-0.39, 0.29) is 18.2 Å². The lowest BCUT2D eigenvalue weighted by atomic mass is 10.1. The smallest absolute Gasteiger partial charge is 0.395 e. The van der Waals surface area contributed by atoms with E-state index in [4.69, 9.17) is 10.8 Å². The van der Waals surface area contributed by atoms with Gasteiger partial charge in [0.1, 0.15) is 24.5 Å². The highest BCUT2D eigenvalue weighted by Crippen LogP contribution is 2.26. The Balaban J connectivity index is 3.10. The Kier molecular flexibility index (Phi) is 5.34. The van der Waals surface area contributed by atoms with E-state index in [1.54, 1.807) is 0 Å². The molecule has 0 aliphatic carbocycles. The fraction of sp³-hybridized carbons (Fsp3) is 0.636. The van der Waals surface area contributed by atoms with Crippen LogP contribution in [-0.2, 0) is 6.42 Å². The molecule has 0 bridgehead atoms. The zero-order valence-electron chi connectivity index (χ0n) is 10.6. The number of alkyl halides is 3. The first-order valence-electron chi connectivity index (χ1n) is 5.91. The lowest BCUT2D eigenvalue weighted by Crippen LogP contribution is -2.37. The van der Waals surface area contributed by atoms with Crippen molar-refractivity contribution in [3.05, 3.63) is 11.9 Å². The van der Waals surface area contributed by atoms with Gasteiger partial charge in [-0.15, -0.1) is 0 Å². The minimum absolute atomic E-state index is 0.140. The molecule has 0 fully saturated rings. The predicted molar refractivity (Wildman–Crippen MR) is 65.8 cm³/mol. The zero-order chi connectivity index (χ0) is 14.5. The van der Waals surface area contributed by atoms with Gasteiger partial charge in [0.25, 0.3) is 0 Å². The summed E-state index contributed by atoms with van der Waals surface area (Å²) in [6, 6.07) is 0. The van der Waals surface area contributed by atoms with Gasteiger partial charge in [0.2, 0.25) is 0 Å². The Bertz CT molecular complexity index is 411. The highest BCUT2D eigenvalue weighted by atomic mass is 19.4. The molecule has 0 radical (unpaired) electrons. The standard InChI is InChI=1S/C11H17F3N4O/c1-2-3-8-9(15)16-7-17-10(8)18(4-5-19)6-11(12,13)14/h7,19H,2-6H2,1H3,(H2,15,16,17). The molecule has 0 saturated heterocycles. The number of hydrogen-bond acceptors (Lipinski definition) is 5. The number of rotatable bonds is 6. The number of nitrogens with zero attached hydrogens (tertiary/aromatic N) is 3. The molecule has 0 amide bonds. The number of aliphatic hydroxyl groups excluding tert-OH is 1. The summed E-state index contributed by atoms with van der Waals surface area (Å²) in [5.41, 5.74) is 6.17. The lowest BCUT2D eigenvalue weighted by Gasteiger charge is -2.26. The molecule has 0 saturated carbocycles. The maximum Gasteiger partial charge on any atom is 0.405 e. The number of nitrogens with two attached hydrogens (primary N) is 1. The number of anilines is 2. The van der Waals surface area contributed by atoms with Crippen LogP contribution in [0.2, 0.25) is 0 Å². The van der Waals surface area contributed by atoms with E-state index in [1.165, 1.54) is 0 Å². The third-order valence-corrected chi connectivity index (χ3v) is 2.50. The van der Waals surface area contributed by atoms with Gasteiger partial charge < -0.3 is 15.7 Å². The lowest BCUT2D eigenvalue weighted by molar-refractivity contribution is -0.120. The highest BCUT2D eigenvalue weighted by Gasteiger charge is 2.32. The van der Waals surface area contributed by atoms with Gasteiger partial charge in [-0.1, -0.05) is 13.3 Å². The van der Waals surface area contributed by atoms with E-state index in [0.29, 0.717) is 18.4 Å². The molecule has 1 heterocycles. The van der Waals surface area contributed by atoms with Gasteiger partial charge in [0, 0.05) is 12.1 Å². The van der Waals surface area contributed by atoms with Crippen LogP contribution in [0.5, 0.6) is 0 Å². The fourth-order valence-corrected chi connectivity index (χ4v) is 1.78. The molecule has 1 aromatic heterocycles. The van der Waals surface area contributed by atoms with Crippen molar-refractivity contribution in [1.29, 1.82) is 0 Å². The van der Waals surface area contributed by atoms with Gasteiger partial charge in [-0.05, 0) is 6.42 Å². The normalized spacial score (nSPS) is 11.6. The molecule has 108 valence electrons. The largest absolute Gasteiger partial charge is 0.405 e. The molecule has 0 unspecified atom stereocenters. The van der Waals surface area contributed by atoms with Gasteiger partial charge in [-0.2, -0.15) is 13.2 Å². The van der Waals surface area contributed by atoms with Gasteiger partial charge in [0.05, 0.1) is 6.61 Å². The molecule has 8 heteroatoms. The molecule has 5 nitrogen and oxygen atoms in total. The second kappa shape index (κ2) is 6.55. The van der Waals surface area contributed by atoms with Gasteiger partial charge in [-0.3, -0.25) is 0 Å². The van der Waals surface area contributed by atoms with Crippen LogP contribution in [0.15, 0.2) is 6.33 Å². The number of aliphatic hydroxyl groups is 1. The summed E-state index contributed by atoms with van der Waals surface area (Å²) in [5.74, 6) is 0.317. The summed E-state index contributed by atoms with van der Waals surface area (Å²) in [5, 5.41) is 8.90. The zero-order valence-corrected chi connectivity index (χ0v) is 10.6. The van der Waals surface area contributed by atoms with E-state index in [1.807, 2.05) is 6.92 Å². The molecule has 0 aliphatic rings. The van der Waals surface area contributed by atoms with Gasteiger partial charge in [-0.25, -0.2) is 9.97 Å². The van der Waals surface area contributed by atoms with Crippen LogP contribution in [0.1, 0.15) is 18.9 Å². The number of halogens is 3. The van der Waals surface area contributed by atoms with Crippen LogP contribution in [0.3, 0.4) is 0 Å². The highest BCUT2D eigenvalue weighted by molar-refractivity contribution is 5.56. The molecule has 0 aromatic carbocycles. The number of hydrogen-bond donors (Lipinski definition) is 2. The van der Waals surface area contributed by atoms with E-state index < -0.39 is 19.3 Å². The molecule has 1 rings (SSSR count). The van der Waals surface area contributed by atoms with Crippen molar-refractivity contribution in [2.45, 2.75) is 25.9 Å². The Labute approximate surface area is 109 Å². The summed E-state index contributed by atoms with van der Waals surface area (Å²) < 4.78 is 37.6. The van der Waals surface area contributed by atoms with Crippen LogP contribution in [0.4, 0.5) is 24.8 Å². The minimum Gasteiger partial charge on any atom is -0.395 e. The van der Waals surface area contributed by atoms with Crippen LogP contribution < -0.4 is 10.6 Å². The van der Waals surface area contributed by atoms with Gasteiger partial charge >= 0.3 is 6.18 Å². The van der Waals surface area contributed by atoms with E-state index >= 15 is 0 Å². The summed E-state index contributed by atoms with van der Waals surface area (Å²) in [4.78, 5) is 8.65. The predicted octanol–water partition coefficient (Wildman–Crippen LogP) is 1.37. The summed E-state index contributed by atoms with van der Waals surface area (Å²) >= 11 is 0. The number of aromatic nitrogens is 2. The second-order valence-electron chi connectivity index (χ2n) is 4.07. The summed E-state index contributed by atoms with van der Waals surface area (Å²) in [7, 11) is 0. The first kappa shape index (κ1) is 15.5. The molecule has 3 N–H and O–H groups in total. The van der Waals surface area contributed by atoms with E-state index in [9.17, 15) is 13.2 Å². The van der Waals surface area contributed by atoms with E-state index in [0.717, 1.165) is 11.2 Å². The fourth-order valence-electron chi connectivity index (χ4n) is 1.78. The third kappa shape index (κ3) is 4.55. The average Bonchev–Trinajstić information content (AvgIpc) is 2.30. The second-order valence-corrected chi connectivity index (χ2v) is 4.07. The van der Waals surface area contributed by atoms with Crippen molar-refractivity contribution in [2.24, 2.45) is 0 Å². The molecular weight excluding hydrogens is 261 g/mol. The molecule has 0 atom stereocenters. The maximum atomic E-state index is 12.5. The molecule has 0 spiro atoms. The SMILES string of the molecule is CCCc1c(N)ncnc1N(CCO)CC(F)(F)F. The maximum absolute atomic E-state index is 12.5. The summed E-state index contributed by atoms with van der Waals surface area (Å²) in [6.45, 7) is 0.148. The molecule has 0 aliphatic heterocycles. The van der Waals surface area contributed by atoms with Crippen molar-refractivity contribution in [3.8, 4) is 0 Å². The Morgan fingerprint density at radius 2 is 2.05 bits per heavy atom. The van der Waals surface area contributed by atoms with Crippen LogP contribution in [-0.4, -0.2) is 40.9 Å². The quantitative estimate of drug-likeness (QED) is 0.822. The van der Waals surface area contributed by atoms with Crippen molar-refractivity contribution >= 4 is 11.6 Å². The Morgan fingerprint density at radius 1 is 1.37 bits per heavy atom. The average molecular weight is 278 g/mol. The van der Waals surface area contributed by atoms with Crippen LogP contribution in [0.25, 0.3) is 0 Å². The van der Waals surface area contributed by atoms with Gasteiger partial charge in [0.15, 0.2) is 0 Å². The van der Waals surface area contributed by atoms with Crippen LogP contribution >= 0.6 is 0 Å². The molecular formula is C11H17F3N4O. The Hall–Kier alpha value is -1.57. The first-order valence-corrected chi connectivity index (χ1v) is 5.91. The van der Waals surface area contributed by atoms with E-state index in [2.05, 4.69) is 9.97 Å². The topological polar surface area (TPSA) is 75.3 Å². The Morgan fingerprint density at radius 3 is 2.58 bits per heavy atom. The van der Waals surface area contributed by atoms with Crippen molar-refractivity contribution < 1.29 is 18.3 Å². The van der Waals surface area contributed by atoms with Crippen molar-refractivity contribution in [2.75, 3.05) is 30.3 Å².